The molecule has 0 fully saturated rings. The van der Waals surface area contributed by atoms with Gasteiger partial charge in [0.1, 0.15) is 0 Å². The first-order valence-corrected chi connectivity index (χ1v) is 4.39. The zero-order valence-corrected chi connectivity index (χ0v) is 8.03. The third-order valence-electron chi connectivity index (χ3n) is 1.57. The summed E-state index contributed by atoms with van der Waals surface area (Å²) in [4.78, 5) is 24.1. The van der Waals surface area contributed by atoms with Gasteiger partial charge < -0.3 is 4.42 Å². The molecule has 1 N–H and O–H groups in total. The SMILES string of the molecule is CC.O=c1[nH]c2ccccc2c(=O)o1. The summed E-state index contributed by atoms with van der Waals surface area (Å²) in [6, 6.07) is 6.68. The van der Waals surface area contributed by atoms with Crippen molar-refractivity contribution in [2.24, 2.45) is 0 Å². The third-order valence-corrected chi connectivity index (χ3v) is 1.57. The minimum absolute atomic E-state index is 0.386. The summed E-state index contributed by atoms with van der Waals surface area (Å²) in [5, 5.41) is 0.386. The molecule has 0 aliphatic carbocycles. The second kappa shape index (κ2) is 4.41. The van der Waals surface area contributed by atoms with E-state index in [-0.39, 0.29) is 0 Å². The van der Waals surface area contributed by atoms with Crippen molar-refractivity contribution < 1.29 is 4.42 Å². The molecule has 74 valence electrons. The van der Waals surface area contributed by atoms with Gasteiger partial charge in [-0.3, -0.25) is 4.98 Å². The van der Waals surface area contributed by atoms with Crippen LogP contribution in [0, 0.1) is 0 Å². The Morgan fingerprint density at radius 3 is 2.50 bits per heavy atom. The average molecular weight is 193 g/mol. The van der Waals surface area contributed by atoms with E-state index in [1.165, 1.54) is 0 Å². The highest BCUT2D eigenvalue weighted by atomic mass is 16.4. The average Bonchev–Trinajstić information content (AvgIpc) is 2.20. The molecule has 4 heteroatoms. The summed E-state index contributed by atoms with van der Waals surface area (Å²) in [5.74, 6) is -0.723. The number of nitrogens with one attached hydrogen (secondary N) is 1. The molecule has 1 aromatic heterocycles. The molecule has 0 aliphatic heterocycles. The van der Waals surface area contributed by atoms with Crippen LogP contribution in [0.15, 0.2) is 38.3 Å². The van der Waals surface area contributed by atoms with Crippen LogP contribution < -0.4 is 11.4 Å². The Labute approximate surface area is 80.2 Å². The Morgan fingerprint density at radius 1 is 1.14 bits per heavy atom. The Kier molecular flexibility index (Phi) is 3.23. The summed E-state index contributed by atoms with van der Waals surface area (Å²) >= 11 is 0. The van der Waals surface area contributed by atoms with Crippen molar-refractivity contribution >= 4 is 10.9 Å². The van der Waals surface area contributed by atoms with Crippen LogP contribution in [0.1, 0.15) is 13.8 Å². The normalized spacial score (nSPS) is 9.29. The molecular formula is C10H11NO3. The van der Waals surface area contributed by atoms with Crippen LogP contribution >= 0.6 is 0 Å². The van der Waals surface area contributed by atoms with Gasteiger partial charge in [0.05, 0.1) is 10.9 Å². The van der Waals surface area contributed by atoms with Crippen LogP contribution in [0.2, 0.25) is 0 Å². The van der Waals surface area contributed by atoms with E-state index < -0.39 is 11.4 Å². The topological polar surface area (TPSA) is 63.1 Å². The lowest BCUT2D eigenvalue weighted by Gasteiger charge is -1.91. The maximum atomic E-state index is 11.0. The van der Waals surface area contributed by atoms with Gasteiger partial charge in [0.2, 0.25) is 0 Å². The molecule has 0 radical (unpaired) electrons. The fourth-order valence-electron chi connectivity index (χ4n) is 1.04. The lowest BCUT2D eigenvalue weighted by atomic mass is 10.2. The first kappa shape index (κ1) is 10.2. The van der Waals surface area contributed by atoms with Crippen molar-refractivity contribution in [3.63, 3.8) is 0 Å². The molecule has 0 saturated carbocycles. The number of rotatable bonds is 0. The number of benzene rings is 1. The van der Waals surface area contributed by atoms with Crippen LogP contribution in [-0.4, -0.2) is 4.98 Å². The van der Waals surface area contributed by atoms with Crippen molar-refractivity contribution in [3.05, 3.63) is 45.2 Å². The van der Waals surface area contributed by atoms with Gasteiger partial charge in [-0.25, -0.2) is 9.59 Å². The monoisotopic (exact) mass is 193 g/mol. The summed E-state index contributed by atoms with van der Waals surface area (Å²) in [5.41, 5.74) is -0.104. The molecule has 0 bridgehead atoms. The van der Waals surface area contributed by atoms with Crippen LogP contribution in [0.25, 0.3) is 10.9 Å². The van der Waals surface area contributed by atoms with E-state index in [9.17, 15) is 9.59 Å². The number of aromatic nitrogens is 1. The molecule has 0 unspecified atom stereocenters. The van der Waals surface area contributed by atoms with Gasteiger partial charge in [-0.15, -0.1) is 0 Å². The largest absolute Gasteiger partial charge is 0.419 e. The van der Waals surface area contributed by atoms with E-state index in [1.807, 2.05) is 13.8 Å². The molecule has 0 spiro atoms. The number of para-hydroxylation sites is 1. The van der Waals surface area contributed by atoms with E-state index in [4.69, 9.17) is 0 Å². The summed E-state index contributed by atoms with van der Waals surface area (Å²) < 4.78 is 4.32. The lowest BCUT2D eigenvalue weighted by Crippen LogP contribution is -2.13. The number of hydrogen-bond acceptors (Lipinski definition) is 3. The molecule has 0 atom stereocenters. The highest BCUT2D eigenvalue weighted by molar-refractivity contribution is 5.76. The van der Waals surface area contributed by atoms with Gasteiger partial charge in [-0.05, 0) is 12.1 Å². The molecule has 1 heterocycles. The first-order valence-electron chi connectivity index (χ1n) is 4.39. The fourth-order valence-corrected chi connectivity index (χ4v) is 1.04. The Bertz CT molecular complexity index is 524. The van der Waals surface area contributed by atoms with Gasteiger partial charge in [-0.1, -0.05) is 26.0 Å². The number of fused-ring (bicyclic) bond motifs is 1. The van der Waals surface area contributed by atoms with Crippen molar-refractivity contribution in [1.29, 1.82) is 0 Å². The highest BCUT2D eigenvalue weighted by Crippen LogP contribution is 2.01. The highest BCUT2D eigenvalue weighted by Gasteiger charge is 1.98. The number of aromatic amines is 1. The molecule has 2 aromatic rings. The van der Waals surface area contributed by atoms with Crippen LogP contribution in [0.5, 0.6) is 0 Å². The van der Waals surface area contributed by atoms with Crippen molar-refractivity contribution in [2.75, 3.05) is 0 Å². The molecule has 0 aliphatic rings. The smallest absolute Gasteiger partial charge is 0.372 e. The maximum absolute atomic E-state index is 11.0. The van der Waals surface area contributed by atoms with E-state index in [0.29, 0.717) is 10.9 Å². The molecule has 14 heavy (non-hydrogen) atoms. The third kappa shape index (κ3) is 1.90. The molecule has 2 rings (SSSR count). The number of hydrogen-bond donors (Lipinski definition) is 1. The molecule has 0 amide bonds. The van der Waals surface area contributed by atoms with Gasteiger partial charge in [0, 0.05) is 0 Å². The van der Waals surface area contributed by atoms with Gasteiger partial charge in [-0.2, -0.15) is 0 Å². The lowest BCUT2D eigenvalue weighted by molar-refractivity contribution is 0.460. The van der Waals surface area contributed by atoms with Gasteiger partial charge >= 0.3 is 11.4 Å². The summed E-state index contributed by atoms with van der Waals surface area (Å²) in [6.07, 6.45) is 0. The fraction of sp³-hybridized carbons (Fsp3) is 0.200. The second-order valence-electron chi connectivity index (χ2n) is 2.35. The zero-order chi connectivity index (χ0) is 10.6. The standard InChI is InChI=1S/C8H5NO3.C2H6/c10-7-5-3-1-2-4-6(5)9-8(11)12-7;1-2/h1-4H,(H,9,11);1-2H3. The maximum Gasteiger partial charge on any atom is 0.419 e. The Balaban J connectivity index is 0.000000461. The molecule has 1 aromatic carbocycles. The molecular weight excluding hydrogens is 182 g/mol. The molecule has 4 nitrogen and oxygen atoms in total. The second-order valence-corrected chi connectivity index (χ2v) is 2.35. The Hall–Kier alpha value is -1.84. The van der Waals surface area contributed by atoms with E-state index >= 15 is 0 Å². The Morgan fingerprint density at radius 2 is 1.79 bits per heavy atom. The van der Waals surface area contributed by atoms with Gasteiger partial charge in [0.25, 0.3) is 0 Å². The predicted octanol–water partition coefficient (Wildman–Crippen LogP) is 1.51. The van der Waals surface area contributed by atoms with Crippen molar-refractivity contribution in [1.82, 2.24) is 4.98 Å². The minimum Gasteiger partial charge on any atom is -0.372 e. The first-order chi connectivity index (χ1) is 6.77. The molecule has 0 saturated heterocycles. The zero-order valence-electron chi connectivity index (χ0n) is 8.03. The van der Waals surface area contributed by atoms with E-state index in [2.05, 4.69) is 9.40 Å². The van der Waals surface area contributed by atoms with Gasteiger partial charge in [0.15, 0.2) is 0 Å². The van der Waals surface area contributed by atoms with Crippen molar-refractivity contribution in [3.8, 4) is 0 Å². The van der Waals surface area contributed by atoms with Crippen LogP contribution in [0.4, 0.5) is 0 Å². The quantitative estimate of drug-likeness (QED) is 0.689. The number of H-pyrrole nitrogens is 1. The predicted molar refractivity (Wildman–Crippen MR) is 54.5 cm³/mol. The summed E-state index contributed by atoms with van der Waals surface area (Å²) in [6.45, 7) is 4.00. The van der Waals surface area contributed by atoms with Crippen molar-refractivity contribution in [2.45, 2.75) is 13.8 Å². The van der Waals surface area contributed by atoms with Crippen LogP contribution in [0.3, 0.4) is 0 Å². The van der Waals surface area contributed by atoms with Crippen LogP contribution in [-0.2, 0) is 0 Å². The minimum atomic E-state index is -0.723. The van der Waals surface area contributed by atoms with E-state index in [0.717, 1.165) is 0 Å². The van der Waals surface area contributed by atoms with E-state index in [1.54, 1.807) is 24.3 Å². The summed E-state index contributed by atoms with van der Waals surface area (Å²) in [7, 11) is 0.